The molecule has 40 heavy (non-hydrogen) atoms. The lowest BCUT2D eigenvalue weighted by Crippen LogP contribution is -2.45. The Labute approximate surface area is 236 Å². The average molecular weight is 533 g/mol. The molecular formula is C35H38N3O2+. The van der Waals surface area contributed by atoms with Crippen LogP contribution in [-0.2, 0) is 25.7 Å². The van der Waals surface area contributed by atoms with Gasteiger partial charge in [0.05, 0.1) is 5.56 Å². The molecule has 0 radical (unpaired) electrons. The summed E-state index contributed by atoms with van der Waals surface area (Å²) in [4.78, 5) is 16.2. The molecule has 5 nitrogen and oxygen atoms in total. The highest BCUT2D eigenvalue weighted by Gasteiger charge is 2.36. The molecule has 3 aromatic carbocycles. The first-order chi connectivity index (χ1) is 19.6. The summed E-state index contributed by atoms with van der Waals surface area (Å²) in [6, 6.07) is 13.1. The highest BCUT2D eigenvalue weighted by Crippen LogP contribution is 2.48. The molecule has 1 amide bonds. The summed E-state index contributed by atoms with van der Waals surface area (Å²) in [5.41, 5.74) is 11.2. The third-order valence-electron chi connectivity index (χ3n) is 9.55. The maximum absolute atomic E-state index is 13.6. The molecule has 0 bridgehead atoms. The Bertz CT molecular complexity index is 1710. The van der Waals surface area contributed by atoms with Crippen molar-refractivity contribution >= 4 is 17.2 Å². The minimum atomic E-state index is -0.0105. The van der Waals surface area contributed by atoms with E-state index in [2.05, 4.69) is 39.1 Å². The van der Waals surface area contributed by atoms with Gasteiger partial charge in [0.15, 0.2) is 0 Å². The highest BCUT2D eigenvalue weighted by atomic mass is 16.5. The third kappa shape index (κ3) is 3.59. The average Bonchev–Trinajstić information content (AvgIpc) is 2.97. The Balaban J connectivity index is 1.50. The van der Waals surface area contributed by atoms with Gasteiger partial charge in [0.25, 0.3) is 5.91 Å². The fraction of sp³-hybridized carbons (Fsp3) is 0.429. The maximum atomic E-state index is 13.6. The van der Waals surface area contributed by atoms with Crippen LogP contribution in [0.15, 0.2) is 36.4 Å². The molecule has 0 saturated heterocycles. The van der Waals surface area contributed by atoms with Gasteiger partial charge in [0, 0.05) is 70.7 Å². The normalized spacial score (nSPS) is 18.4. The molecular weight excluding hydrogens is 494 g/mol. The van der Waals surface area contributed by atoms with Crippen LogP contribution in [0.3, 0.4) is 0 Å². The van der Waals surface area contributed by atoms with Gasteiger partial charge in [-0.25, -0.2) is 4.58 Å². The first kappa shape index (κ1) is 24.2. The lowest BCUT2D eigenvalue weighted by atomic mass is 9.81. The molecule has 5 aliphatic rings. The zero-order chi connectivity index (χ0) is 27.0. The van der Waals surface area contributed by atoms with Crippen LogP contribution in [-0.4, -0.2) is 38.1 Å². The highest BCUT2D eigenvalue weighted by molar-refractivity contribution is 6.02. The summed E-state index contributed by atoms with van der Waals surface area (Å²) in [5.74, 6) is 2.07. The Hall–Kier alpha value is -3.60. The number of carbonyl (C=O) groups excluding carboxylic acids is 1. The van der Waals surface area contributed by atoms with Crippen LogP contribution < -0.4 is 30.1 Å². The zero-order valence-corrected chi connectivity index (χ0v) is 23.7. The van der Waals surface area contributed by atoms with Crippen molar-refractivity contribution in [3.63, 3.8) is 0 Å². The van der Waals surface area contributed by atoms with E-state index in [4.69, 9.17) is 4.74 Å². The number of anilines is 1. The van der Waals surface area contributed by atoms with E-state index in [1.807, 2.05) is 26.0 Å². The van der Waals surface area contributed by atoms with Gasteiger partial charge in [0.1, 0.15) is 24.6 Å². The Morgan fingerprint density at radius 2 is 1.62 bits per heavy atom. The first-order valence-electron chi connectivity index (χ1n) is 15.4. The minimum absolute atomic E-state index is 0.0105. The van der Waals surface area contributed by atoms with Crippen molar-refractivity contribution in [3.8, 4) is 11.5 Å². The predicted octanol–water partition coefficient (Wildman–Crippen LogP) is 4.26. The molecule has 0 atom stereocenters. The second-order valence-electron chi connectivity index (χ2n) is 12.5. The number of carbonyl (C=O) groups is 1. The van der Waals surface area contributed by atoms with Gasteiger partial charge in [-0.3, -0.25) is 4.79 Å². The third-order valence-corrected chi connectivity index (χ3v) is 9.55. The van der Waals surface area contributed by atoms with Crippen LogP contribution in [0.4, 0.5) is 5.69 Å². The van der Waals surface area contributed by atoms with Gasteiger partial charge in [-0.15, -0.1) is 0 Å². The molecule has 3 aromatic rings. The van der Waals surface area contributed by atoms with Gasteiger partial charge in [-0.2, -0.15) is 0 Å². The van der Waals surface area contributed by atoms with Crippen LogP contribution in [0, 0.1) is 0 Å². The van der Waals surface area contributed by atoms with Crippen LogP contribution in [0.2, 0.25) is 0 Å². The number of aryl methyl sites for hydroxylation is 2. The summed E-state index contributed by atoms with van der Waals surface area (Å²) in [5, 5.41) is 5.76. The smallest absolute Gasteiger partial charge is 0.252 e. The topological polar surface area (TPSA) is 44.6 Å². The number of hydrogen-bond acceptors (Lipinski definition) is 3. The Kier molecular flexibility index (Phi) is 5.58. The molecule has 8 rings (SSSR count). The van der Waals surface area contributed by atoms with Gasteiger partial charge < -0.3 is 15.0 Å². The molecule has 1 N–H and O–H groups in total. The van der Waals surface area contributed by atoms with Crippen molar-refractivity contribution < 1.29 is 9.53 Å². The van der Waals surface area contributed by atoms with Crippen molar-refractivity contribution in [1.29, 1.82) is 0 Å². The number of rotatable bonds is 3. The molecule has 0 fully saturated rings. The SMILES string of the molecule is CC(C)NC(=O)c1ccccc1C1=c2cc3c4c(c2Oc2c1cc1c5c2CCCN5CCC1)CCC[N+]=4CCC3. The number of benzene rings is 3. The summed E-state index contributed by atoms with van der Waals surface area (Å²) >= 11 is 0. The Morgan fingerprint density at radius 3 is 2.48 bits per heavy atom. The van der Waals surface area contributed by atoms with E-state index in [0.29, 0.717) is 0 Å². The zero-order valence-electron chi connectivity index (χ0n) is 23.7. The fourth-order valence-electron chi connectivity index (χ4n) is 8.04. The van der Waals surface area contributed by atoms with Crippen molar-refractivity contribution in [2.75, 3.05) is 31.1 Å². The van der Waals surface area contributed by atoms with Crippen molar-refractivity contribution in [3.05, 3.63) is 85.9 Å². The van der Waals surface area contributed by atoms with Crippen LogP contribution in [0.1, 0.15) is 83.3 Å². The number of fused-ring (bicyclic) bond motifs is 4. The monoisotopic (exact) mass is 532 g/mol. The maximum Gasteiger partial charge on any atom is 0.252 e. The van der Waals surface area contributed by atoms with E-state index >= 15 is 0 Å². The van der Waals surface area contributed by atoms with Crippen LogP contribution in [0.25, 0.3) is 5.57 Å². The molecule has 0 spiro atoms. The quantitative estimate of drug-likeness (QED) is 0.401. The minimum Gasteiger partial charge on any atom is -0.455 e. The van der Waals surface area contributed by atoms with E-state index in [0.717, 1.165) is 87.3 Å². The molecule has 0 unspecified atom stereocenters. The molecule has 0 aromatic heterocycles. The Morgan fingerprint density at radius 1 is 0.875 bits per heavy atom. The molecule has 5 heterocycles. The standard InChI is InChI=1S/C35H37N3O2/c1-21(2)36-35(39)25-12-4-3-11-24(25)30-28-19-22-9-5-15-37-17-7-13-26(31(22)37)33(28)40-34-27-14-8-18-38-16-6-10-23(32(27)38)20-29(30)34/h3-4,11-12,19-21H,5-10,13-18H2,1-2H3/p+1. The van der Waals surface area contributed by atoms with Crippen LogP contribution >= 0.6 is 0 Å². The van der Waals surface area contributed by atoms with E-state index < -0.39 is 0 Å². The van der Waals surface area contributed by atoms with Gasteiger partial charge in [-0.05, 0) is 81.7 Å². The van der Waals surface area contributed by atoms with E-state index in [1.165, 1.54) is 62.5 Å². The lowest BCUT2D eigenvalue weighted by Gasteiger charge is -2.39. The van der Waals surface area contributed by atoms with Crippen LogP contribution in [0.5, 0.6) is 11.5 Å². The largest absolute Gasteiger partial charge is 0.455 e. The number of nitrogens with zero attached hydrogens (tertiary/aromatic N) is 2. The van der Waals surface area contributed by atoms with E-state index in [9.17, 15) is 4.79 Å². The summed E-state index contributed by atoms with van der Waals surface area (Å²) in [6.07, 6.45) is 9.01. The van der Waals surface area contributed by atoms with E-state index in [1.54, 1.807) is 0 Å². The number of hydrogen-bond donors (Lipinski definition) is 1. The second-order valence-corrected chi connectivity index (χ2v) is 12.5. The summed E-state index contributed by atoms with van der Waals surface area (Å²) in [6.45, 7) is 8.60. The van der Waals surface area contributed by atoms with Gasteiger partial charge in [0.2, 0.25) is 5.36 Å². The molecule has 0 aliphatic carbocycles. The summed E-state index contributed by atoms with van der Waals surface area (Å²) < 4.78 is 9.76. The fourth-order valence-corrected chi connectivity index (χ4v) is 8.04. The number of amides is 1. The van der Waals surface area contributed by atoms with Gasteiger partial charge >= 0.3 is 0 Å². The number of ether oxygens (including phenoxy) is 1. The summed E-state index contributed by atoms with van der Waals surface area (Å²) in [7, 11) is 0. The first-order valence-corrected chi connectivity index (χ1v) is 15.4. The molecule has 5 aliphatic heterocycles. The predicted molar refractivity (Wildman–Crippen MR) is 159 cm³/mol. The van der Waals surface area contributed by atoms with Crippen molar-refractivity contribution in [2.45, 2.75) is 71.3 Å². The molecule has 0 saturated carbocycles. The van der Waals surface area contributed by atoms with Gasteiger partial charge in [-0.1, -0.05) is 18.2 Å². The lowest BCUT2D eigenvalue weighted by molar-refractivity contribution is 0.0943. The van der Waals surface area contributed by atoms with Crippen molar-refractivity contribution in [1.82, 2.24) is 9.89 Å². The second kappa shape index (κ2) is 9.22. The van der Waals surface area contributed by atoms with E-state index in [-0.39, 0.29) is 11.9 Å². The molecule has 5 heteroatoms. The number of nitrogens with one attached hydrogen (secondary N) is 1. The van der Waals surface area contributed by atoms with Crippen molar-refractivity contribution in [2.24, 2.45) is 0 Å². The molecule has 204 valence electrons.